The molecule has 0 bridgehead atoms. The van der Waals surface area contributed by atoms with Crippen molar-refractivity contribution in [2.45, 2.75) is 46.8 Å². The van der Waals surface area contributed by atoms with E-state index in [0.717, 1.165) is 0 Å². The van der Waals surface area contributed by atoms with Crippen LogP contribution in [-0.2, 0) is 16.1 Å². The van der Waals surface area contributed by atoms with E-state index in [2.05, 4.69) is 4.98 Å². The fourth-order valence-electron chi connectivity index (χ4n) is 3.71. The number of rotatable bonds is 7. The third-order valence-corrected chi connectivity index (χ3v) is 5.02. The maximum atomic E-state index is 13.3. The fourth-order valence-corrected chi connectivity index (χ4v) is 3.71. The molecular formula is C22H28N4O5. The molecule has 31 heavy (non-hydrogen) atoms. The van der Waals surface area contributed by atoms with Crippen LogP contribution >= 0.6 is 0 Å². The van der Waals surface area contributed by atoms with E-state index in [0.29, 0.717) is 17.7 Å². The molecule has 0 saturated heterocycles. The van der Waals surface area contributed by atoms with Crippen molar-refractivity contribution < 1.29 is 14.3 Å². The standard InChI is InChI=1S/C22H28N4O5/c1-12(2)10-25(18-19(23)26(11-13(3)4)22(30)24-20(18)28)17(27)9-16-14-7-5-6-8-15(14)21(29)31-16/h5-8,12-13,16H,9-11,23H2,1-4H3,(H,24,28,30)/t16-/m0/s1. The molecule has 1 atom stereocenters. The van der Waals surface area contributed by atoms with Gasteiger partial charge in [0.25, 0.3) is 5.56 Å². The van der Waals surface area contributed by atoms with Crippen molar-refractivity contribution in [3.8, 4) is 0 Å². The summed E-state index contributed by atoms with van der Waals surface area (Å²) in [5, 5.41) is 0. The van der Waals surface area contributed by atoms with Crippen molar-refractivity contribution in [2.75, 3.05) is 17.2 Å². The van der Waals surface area contributed by atoms with Gasteiger partial charge in [0.15, 0.2) is 5.69 Å². The first-order valence-electron chi connectivity index (χ1n) is 10.3. The largest absolute Gasteiger partial charge is 0.453 e. The number of amides is 1. The molecule has 1 amide bonds. The van der Waals surface area contributed by atoms with Gasteiger partial charge in [-0.05, 0) is 17.9 Å². The number of nitrogens with zero attached hydrogens (tertiary/aromatic N) is 2. The number of aromatic nitrogens is 2. The van der Waals surface area contributed by atoms with Crippen molar-refractivity contribution in [1.29, 1.82) is 0 Å². The van der Waals surface area contributed by atoms with Gasteiger partial charge in [0.1, 0.15) is 11.9 Å². The summed E-state index contributed by atoms with van der Waals surface area (Å²) in [4.78, 5) is 54.0. The summed E-state index contributed by atoms with van der Waals surface area (Å²) in [5.74, 6) is -0.837. The van der Waals surface area contributed by atoms with Crippen molar-refractivity contribution >= 4 is 23.4 Å². The van der Waals surface area contributed by atoms with Gasteiger partial charge in [-0.15, -0.1) is 0 Å². The molecule has 2 heterocycles. The first-order chi connectivity index (χ1) is 14.6. The Bertz CT molecular complexity index is 1120. The molecule has 0 radical (unpaired) electrons. The van der Waals surface area contributed by atoms with Gasteiger partial charge in [0.05, 0.1) is 12.0 Å². The van der Waals surface area contributed by atoms with E-state index in [9.17, 15) is 19.2 Å². The number of cyclic esters (lactones) is 1. The molecule has 1 aromatic heterocycles. The lowest BCUT2D eigenvalue weighted by atomic mass is 10.0. The maximum Gasteiger partial charge on any atom is 0.339 e. The monoisotopic (exact) mass is 428 g/mol. The molecule has 0 unspecified atom stereocenters. The van der Waals surface area contributed by atoms with Crippen LogP contribution in [0.3, 0.4) is 0 Å². The number of H-pyrrole nitrogens is 1. The Kier molecular flexibility index (Phi) is 6.33. The van der Waals surface area contributed by atoms with E-state index in [-0.39, 0.29) is 36.3 Å². The van der Waals surface area contributed by atoms with Crippen molar-refractivity contribution in [2.24, 2.45) is 11.8 Å². The van der Waals surface area contributed by atoms with E-state index in [4.69, 9.17) is 10.5 Å². The minimum Gasteiger partial charge on any atom is -0.453 e. The SMILES string of the molecule is CC(C)CN(C(=O)C[C@@H]1OC(=O)c2ccccc21)c1c(N)n(CC(C)C)c(=O)[nH]c1=O. The molecule has 2 aromatic rings. The average Bonchev–Trinajstić information content (AvgIpc) is 2.99. The lowest BCUT2D eigenvalue weighted by Crippen LogP contribution is -2.43. The Morgan fingerprint density at radius 3 is 2.48 bits per heavy atom. The van der Waals surface area contributed by atoms with Crippen LogP contribution in [0.2, 0.25) is 0 Å². The quantitative estimate of drug-likeness (QED) is 0.650. The number of aromatic amines is 1. The number of benzene rings is 1. The highest BCUT2D eigenvalue weighted by Crippen LogP contribution is 2.34. The molecule has 9 nitrogen and oxygen atoms in total. The van der Waals surface area contributed by atoms with Gasteiger partial charge >= 0.3 is 11.7 Å². The lowest BCUT2D eigenvalue weighted by molar-refractivity contribution is -0.120. The number of esters is 1. The lowest BCUT2D eigenvalue weighted by Gasteiger charge is -2.27. The Labute approximate surface area is 179 Å². The molecule has 0 fully saturated rings. The van der Waals surface area contributed by atoms with Crippen LogP contribution in [-0.4, -0.2) is 28.0 Å². The Balaban J connectivity index is 2.00. The first-order valence-corrected chi connectivity index (χ1v) is 10.3. The van der Waals surface area contributed by atoms with Crippen LogP contribution in [0.5, 0.6) is 0 Å². The summed E-state index contributed by atoms with van der Waals surface area (Å²) in [6, 6.07) is 6.90. The number of nitrogen functional groups attached to an aromatic ring is 1. The van der Waals surface area contributed by atoms with Crippen LogP contribution in [0, 0.1) is 11.8 Å². The normalized spacial score (nSPS) is 15.3. The second-order valence-electron chi connectivity index (χ2n) is 8.58. The fraction of sp³-hybridized carbons (Fsp3) is 0.455. The number of fused-ring (bicyclic) bond motifs is 1. The molecule has 3 N–H and O–H groups in total. The predicted octanol–water partition coefficient (Wildman–Crippen LogP) is 2.07. The second-order valence-corrected chi connectivity index (χ2v) is 8.58. The molecule has 166 valence electrons. The van der Waals surface area contributed by atoms with E-state index in [1.165, 1.54) is 9.47 Å². The molecule has 0 saturated carbocycles. The van der Waals surface area contributed by atoms with Crippen LogP contribution in [0.25, 0.3) is 0 Å². The second kappa shape index (κ2) is 8.79. The van der Waals surface area contributed by atoms with Gasteiger partial charge < -0.3 is 15.4 Å². The molecule has 9 heteroatoms. The molecule has 1 aromatic carbocycles. The van der Waals surface area contributed by atoms with Crippen LogP contribution < -0.4 is 21.9 Å². The summed E-state index contributed by atoms with van der Waals surface area (Å²) >= 11 is 0. The van der Waals surface area contributed by atoms with Crippen LogP contribution in [0.1, 0.15) is 56.1 Å². The average molecular weight is 428 g/mol. The number of carbonyl (C=O) groups is 2. The molecular weight excluding hydrogens is 400 g/mol. The minimum atomic E-state index is -0.743. The van der Waals surface area contributed by atoms with Crippen molar-refractivity contribution in [1.82, 2.24) is 9.55 Å². The number of anilines is 2. The van der Waals surface area contributed by atoms with Crippen molar-refractivity contribution in [3.63, 3.8) is 0 Å². The van der Waals surface area contributed by atoms with Gasteiger partial charge in [0, 0.05) is 18.7 Å². The minimum absolute atomic E-state index is 0.0200. The van der Waals surface area contributed by atoms with Crippen molar-refractivity contribution in [3.05, 3.63) is 56.2 Å². The van der Waals surface area contributed by atoms with Crippen LogP contribution in [0.15, 0.2) is 33.9 Å². The number of ether oxygens (including phenoxy) is 1. The summed E-state index contributed by atoms with van der Waals surface area (Å²) < 4.78 is 6.66. The Morgan fingerprint density at radius 1 is 1.16 bits per heavy atom. The third-order valence-electron chi connectivity index (χ3n) is 5.02. The number of hydrogen-bond donors (Lipinski definition) is 2. The summed E-state index contributed by atoms with van der Waals surface area (Å²) in [6.07, 6.45) is -0.884. The highest BCUT2D eigenvalue weighted by atomic mass is 16.5. The van der Waals surface area contributed by atoms with Gasteiger partial charge in [-0.25, -0.2) is 9.59 Å². The molecule has 0 aliphatic carbocycles. The van der Waals surface area contributed by atoms with E-state index < -0.39 is 29.2 Å². The molecule has 3 rings (SSSR count). The summed E-state index contributed by atoms with van der Waals surface area (Å²) in [5.41, 5.74) is 5.89. The Morgan fingerprint density at radius 2 is 1.84 bits per heavy atom. The number of nitrogens with two attached hydrogens (primary N) is 1. The zero-order valence-corrected chi connectivity index (χ0v) is 18.2. The maximum absolute atomic E-state index is 13.3. The molecule has 1 aliphatic rings. The zero-order valence-electron chi connectivity index (χ0n) is 18.2. The van der Waals surface area contributed by atoms with Crippen LogP contribution in [0.4, 0.5) is 11.5 Å². The smallest absolute Gasteiger partial charge is 0.339 e. The van der Waals surface area contributed by atoms with E-state index >= 15 is 0 Å². The predicted molar refractivity (Wildman–Crippen MR) is 117 cm³/mol. The zero-order chi connectivity index (χ0) is 22.9. The van der Waals surface area contributed by atoms with Gasteiger partial charge in [0.2, 0.25) is 5.91 Å². The van der Waals surface area contributed by atoms with E-state index in [1.54, 1.807) is 24.3 Å². The highest BCUT2D eigenvalue weighted by molar-refractivity contribution is 5.98. The van der Waals surface area contributed by atoms with Gasteiger partial charge in [-0.3, -0.25) is 19.1 Å². The summed E-state index contributed by atoms with van der Waals surface area (Å²) in [7, 11) is 0. The molecule has 0 spiro atoms. The number of carbonyl (C=O) groups excluding carboxylic acids is 2. The van der Waals surface area contributed by atoms with Gasteiger partial charge in [-0.2, -0.15) is 0 Å². The first kappa shape index (κ1) is 22.3. The Hall–Kier alpha value is -3.36. The number of nitrogens with one attached hydrogen (secondary N) is 1. The topological polar surface area (TPSA) is 127 Å². The highest BCUT2D eigenvalue weighted by Gasteiger charge is 2.35. The molecule has 1 aliphatic heterocycles. The summed E-state index contributed by atoms with van der Waals surface area (Å²) in [6.45, 7) is 8.15. The van der Waals surface area contributed by atoms with E-state index in [1.807, 2.05) is 27.7 Å². The third kappa shape index (κ3) is 4.55. The number of hydrogen-bond acceptors (Lipinski definition) is 6. The van der Waals surface area contributed by atoms with Gasteiger partial charge in [-0.1, -0.05) is 45.9 Å².